The van der Waals surface area contributed by atoms with Crippen LogP contribution in [0.3, 0.4) is 0 Å². The van der Waals surface area contributed by atoms with Gasteiger partial charge in [0.25, 0.3) is 0 Å². The van der Waals surface area contributed by atoms with Crippen molar-refractivity contribution in [2.45, 2.75) is 0 Å². The van der Waals surface area contributed by atoms with Crippen molar-refractivity contribution in [2.75, 3.05) is 0 Å². The first-order chi connectivity index (χ1) is 2.00. The Balaban J connectivity index is -0.0000000800. The van der Waals surface area contributed by atoms with Gasteiger partial charge in [-0.3, -0.25) is 0 Å². The number of hydrogen-bond acceptors (Lipinski definition) is 4. The van der Waals surface area contributed by atoms with Crippen LogP contribution in [0.15, 0.2) is 0 Å². The van der Waals surface area contributed by atoms with Crippen LogP contribution in [-0.4, -0.2) is 0 Å². The van der Waals surface area contributed by atoms with Crippen molar-refractivity contribution in [3.63, 3.8) is 0 Å². The van der Waals surface area contributed by atoms with E-state index in [0.717, 1.165) is 0 Å². The molecule has 0 bridgehead atoms. The van der Waals surface area contributed by atoms with Gasteiger partial charge in [-0.1, -0.05) is 0 Å². The summed E-state index contributed by atoms with van der Waals surface area (Å²) in [5, 5.41) is 0. The molecule has 0 rings (SSSR count). The molecule has 1 atom stereocenters. The second-order valence-corrected chi connectivity index (χ2v) is 1.68. The van der Waals surface area contributed by atoms with Crippen molar-refractivity contribution in [1.82, 2.24) is 0 Å². The van der Waals surface area contributed by atoms with E-state index in [4.69, 9.17) is 15.9 Å². The van der Waals surface area contributed by atoms with E-state index in [-0.39, 0.29) is 29.4 Å². The van der Waals surface area contributed by atoms with Crippen LogP contribution < -0.4 is 8.32 Å². The first kappa shape index (κ1) is 15.7. The molecule has 0 fully saturated rings. The first-order valence-electron chi connectivity index (χ1n) is 0.667. The third kappa shape index (κ3) is 151. The Labute approximate surface area is 59.1 Å². The van der Waals surface area contributed by atoms with Crippen LogP contribution in [-0.2, 0) is 40.7 Å². The number of hydrogen-bond donors (Lipinski definition) is 0. The van der Waals surface area contributed by atoms with E-state index in [9.17, 15) is 0 Å². The van der Waals surface area contributed by atoms with Crippen LogP contribution in [0.4, 0.5) is 0 Å². The fourth-order valence-corrected chi connectivity index (χ4v) is 0. The van der Waals surface area contributed by atoms with Gasteiger partial charge in [-0.05, 0) is 0 Å². The summed E-state index contributed by atoms with van der Waals surface area (Å²) in [6.45, 7) is 0. The van der Waals surface area contributed by atoms with E-state index < -0.39 is 13.6 Å². The fourth-order valence-electron chi connectivity index (χ4n) is 0. The topological polar surface area (TPSA) is 80.3 Å². The molecule has 0 aliphatic carbocycles. The zero-order chi connectivity index (χ0) is 4.50. The van der Waals surface area contributed by atoms with Gasteiger partial charge in [0, 0.05) is 0 Å². The van der Waals surface area contributed by atoms with Crippen molar-refractivity contribution < 1.29 is 49.0 Å². The summed E-state index contributed by atoms with van der Waals surface area (Å²) in [6.07, 6.45) is 0. The van der Waals surface area contributed by atoms with Gasteiger partial charge in [0.15, 0.2) is 0 Å². The fraction of sp³-hybridized carbons (Fsp3) is 0. The zero-order valence-electron chi connectivity index (χ0n) is 3.46. The molecule has 0 aromatic carbocycles. The molecule has 4 nitrogen and oxygen atoms in total. The molecule has 0 saturated heterocycles. The molecule has 0 spiro atoms. The first-order valence-corrected chi connectivity index (χ1v) is 2.75. The van der Waals surface area contributed by atoms with Crippen molar-refractivity contribution in [1.29, 1.82) is 0 Å². The third-order valence-electron chi connectivity index (χ3n) is 0. The quantitative estimate of drug-likeness (QED) is 0.329. The van der Waals surface area contributed by atoms with Crippen LogP contribution in [0.1, 0.15) is 0 Å². The summed E-state index contributed by atoms with van der Waals surface area (Å²) < 4.78 is 34.4. The maximum atomic E-state index is 8.59. The van der Waals surface area contributed by atoms with Gasteiger partial charge in [0.05, 0.1) is 0 Å². The molecule has 0 amide bonds. The summed E-state index contributed by atoms with van der Waals surface area (Å²) in [5.41, 5.74) is 0. The molecule has 1 unspecified atom stereocenters. The van der Waals surface area contributed by atoms with Crippen molar-refractivity contribution in [3.05, 3.63) is 0 Å². The molecule has 0 aliphatic rings. The Morgan fingerprint density at radius 2 is 1.14 bits per heavy atom. The number of rotatable bonds is 0. The molecule has 0 heterocycles. The minimum absolute atomic E-state index is 0. The molecule has 0 saturated carbocycles. The SMILES string of the molecule is P.[O]=[Cr](=[O])([O-])[O-].[Zn+2]. The van der Waals surface area contributed by atoms with Gasteiger partial charge in [0.1, 0.15) is 0 Å². The van der Waals surface area contributed by atoms with Gasteiger partial charge in [-0.15, -0.1) is 0 Å². The van der Waals surface area contributed by atoms with E-state index in [2.05, 4.69) is 0 Å². The predicted octanol–water partition coefficient (Wildman–Crippen LogP) is -2.56. The predicted molar refractivity (Wildman–Crippen MR) is 12.5 cm³/mol. The normalized spacial score (nSPS) is 8.29. The van der Waals surface area contributed by atoms with Crippen molar-refractivity contribution in [3.8, 4) is 0 Å². The van der Waals surface area contributed by atoms with E-state index in [1.807, 2.05) is 0 Å². The average Bonchev–Trinajstić information content (AvgIpc) is 0.722. The zero-order valence-corrected chi connectivity index (χ0v) is 9.11. The van der Waals surface area contributed by atoms with E-state index in [1.54, 1.807) is 0 Å². The van der Waals surface area contributed by atoms with E-state index in [0.29, 0.717) is 0 Å². The minimum atomic E-state index is -5.75. The Morgan fingerprint density at radius 1 is 1.14 bits per heavy atom. The van der Waals surface area contributed by atoms with Crippen molar-refractivity contribution in [2.24, 2.45) is 0 Å². The minimum Gasteiger partial charge on any atom is 2.00 e. The summed E-state index contributed by atoms with van der Waals surface area (Å²) in [7, 11) is 0. The maximum Gasteiger partial charge on any atom is 2.00 e. The molecule has 0 aromatic heterocycles. The largest absolute Gasteiger partial charge is 2.00 e. The van der Waals surface area contributed by atoms with Crippen molar-refractivity contribution >= 4 is 9.90 Å². The summed E-state index contributed by atoms with van der Waals surface area (Å²) in [6, 6.07) is 0. The summed E-state index contributed by atoms with van der Waals surface area (Å²) in [4.78, 5) is 0. The molecule has 0 aliphatic heterocycles. The van der Waals surface area contributed by atoms with Gasteiger partial charge in [-0.25, -0.2) is 0 Å². The van der Waals surface area contributed by atoms with Crippen LogP contribution in [0.25, 0.3) is 0 Å². The van der Waals surface area contributed by atoms with Crippen LogP contribution in [0, 0.1) is 0 Å². The second-order valence-electron chi connectivity index (χ2n) is 0.408. The molecule has 40 valence electrons. The molecule has 0 radical (unpaired) electrons. The van der Waals surface area contributed by atoms with E-state index in [1.165, 1.54) is 0 Å². The monoisotopic (exact) mass is 214 g/mol. The van der Waals surface area contributed by atoms with Gasteiger partial charge >= 0.3 is 49.0 Å². The van der Waals surface area contributed by atoms with Gasteiger partial charge < -0.3 is 0 Å². The summed E-state index contributed by atoms with van der Waals surface area (Å²) >= 11 is -5.75. The van der Waals surface area contributed by atoms with Gasteiger partial charge in [-0.2, -0.15) is 9.90 Å². The second kappa shape index (κ2) is 5.25. The Bertz CT molecular complexity index is 94.9. The maximum absolute atomic E-state index is 8.59. The Hall–Kier alpha value is 1.11. The molecular formula is H3CrO4PZn. The summed E-state index contributed by atoms with van der Waals surface area (Å²) in [5.74, 6) is 0. The average molecular weight is 215 g/mol. The van der Waals surface area contributed by atoms with Crippen LogP contribution in [0.2, 0.25) is 0 Å². The molecule has 0 aromatic rings. The van der Waals surface area contributed by atoms with Crippen LogP contribution in [0.5, 0.6) is 0 Å². The van der Waals surface area contributed by atoms with Crippen LogP contribution >= 0.6 is 9.90 Å². The van der Waals surface area contributed by atoms with Gasteiger partial charge in [0.2, 0.25) is 0 Å². The Morgan fingerprint density at radius 3 is 1.14 bits per heavy atom. The Kier molecular flexibility index (Phi) is 11.8. The van der Waals surface area contributed by atoms with E-state index >= 15 is 0 Å². The molecule has 7 heavy (non-hydrogen) atoms. The molecule has 0 N–H and O–H groups in total. The third-order valence-corrected chi connectivity index (χ3v) is 0. The molecule has 7 heteroatoms. The molecular weight excluding hydrogens is 212 g/mol. The standard InChI is InChI=1S/Cr.4O.H3P.Zn/h;;;;;1H3;/q;;;2*-1;;+2. The smallest absolute Gasteiger partial charge is 2.00 e.